The van der Waals surface area contributed by atoms with Crippen LogP contribution in [0.3, 0.4) is 0 Å². The number of hydrogen-bond acceptors (Lipinski definition) is 3. The van der Waals surface area contributed by atoms with Crippen molar-refractivity contribution in [3.05, 3.63) is 265 Å². The van der Waals surface area contributed by atoms with Crippen LogP contribution in [-0.4, -0.2) is 16.3 Å². The van der Waals surface area contributed by atoms with Gasteiger partial charge in [0.25, 0.3) is 0 Å². The molecule has 0 amide bonds. The van der Waals surface area contributed by atoms with Gasteiger partial charge in [-0.05, 0) is 77.4 Å². The van der Waals surface area contributed by atoms with Crippen LogP contribution in [0.15, 0.2) is 224 Å². The molecule has 11 rings (SSSR count). The van der Waals surface area contributed by atoms with E-state index in [1.165, 1.54) is 33.1 Å². The molecule has 0 bridgehead atoms. The third-order valence-corrected chi connectivity index (χ3v) is 14.6. The third kappa shape index (κ3) is 8.41. The molecular formula is C64H54BN4Pt-3. The number of allylic oxidation sites excluding steroid dienone is 2. The standard InChI is InChI=1S/C64H54BN4.Pt/c1-45-46(2)68(57-40-51(63(3,4)49-25-13-8-14-26-49)39-52(41-57)64(5,6)50-27-15-9-16-28-50)44-67(45)56-38-48(47-23-11-7-12-24-47)37-55(42-56)65(53-29-17-10-18-30-53)54-34-35-59-58-31-19-20-32-60(58)69(61(59)43-54)62-33-21-22-36-66-62;/h7-41,44H,1-6H3;/q-3;. The Morgan fingerprint density at radius 1 is 0.486 bits per heavy atom. The van der Waals surface area contributed by atoms with E-state index in [1.807, 2.05) is 18.3 Å². The van der Waals surface area contributed by atoms with Crippen LogP contribution in [0.2, 0.25) is 0 Å². The normalized spacial score (nSPS) is 13.0. The Morgan fingerprint density at radius 3 is 1.69 bits per heavy atom. The molecule has 70 heavy (non-hydrogen) atoms. The molecule has 0 radical (unpaired) electrons. The molecule has 10 aromatic rings. The number of pyridine rings is 1. The topological polar surface area (TPSA) is 24.3 Å². The maximum atomic E-state index is 4.83. The van der Waals surface area contributed by atoms with E-state index in [1.54, 1.807) is 0 Å². The van der Waals surface area contributed by atoms with Crippen LogP contribution in [0.5, 0.6) is 0 Å². The van der Waals surface area contributed by atoms with E-state index in [-0.39, 0.29) is 38.6 Å². The fraction of sp³-hybridized carbons (Fsp3) is 0.125. The van der Waals surface area contributed by atoms with Crippen molar-refractivity contribution in [3.63, 3.8) is 0 Å². The van der Waals surface area contributed by atoms with Crippen LogP contribution >= 0.6 is 0 Å². The molecule has 346 valence electrons. The molecule has 0 unspecified atom stereocenters. The number of hydrogen-bond donors (Lipinski definition) is 0. The van der Waals surface area contributed by atoms with E-state index >= 15 is 0 Å². The first-order valence-corrected chi connectivity index (χ1v) is 24.0. The number of anilines is 2. The Labute approximate surface area is 428 Å². The predicted octanol–water partition coefficient (Wildman–Crippen LogP) is 13.3. The molecule has 3 heterocycles. The van der Waals surface area contributed by atoms with Crippen LogP contribution in [-0.2, 0) is 31.9 Å². The van der Waals surface area contributed by atoms with Gasteiger partial charge in [0.1, 0.15) is 5.82 Å². The average Bonchev–Trinajstić information content (AvgIpc) is 3.89. The van der Waals surface area contributed by atoms with Crippen molar-refractivity contribution in [1.29, 1.82) is 0 Å². The SMILES string of the molecule is CC1=C(C)N(c2cc(C(C)(C)c3ccccc3)cc(C(C)(C)c3ccccc3)c2)[CH-]N1c1[c-]c(B(c2[c-]c3c(cc2)c2ccccc2n3-c2ccccn2)c2ccccc2)cc(-c2ccccc2)c1.[Pt]. The van der Waals surface area contributed by atoms with Gasteiger partial charge in [0, 0.05) is 60.7 Å². The molecule has 0 saturated heterocycles. The second-order valence-electron chi connectivity index (χ2n) is 19.4. The Kier molecular flexibility index (Phi) is 12.6. The third-order valence-electron chi connectivity index (χ3n) is 14.6. The second-order valence-corrected chi connectivity index (χ2v) is 19.4. The minimum atomic E-state index is -0.254. The number of nitrogens with zero attached hydrogens (tertiary/aromatic N) is 4. The van der Waals surface area contributed by atoms with E-state index in [9.17, 15) is 0 Å². The monoisotopic (exact) mass is 1080 g/mol. The van der Waals surface area contributed by atoms with Crippen molar-refractivity contribution >= 4 is 56.3 Å². The van der Waals surface area contributed by atoms with E-state index in [0.717, 1.165) is 67.1 Å². The smallest absolute Gasteiger partial charge is 0.191 e. The predicted molar refractivity (Wildman–Crippen MR) is 290 cm³/mol. The van der Waals surface area contributed by atoms with E-state index in [2.05, 4.69) is 269 Å². The van der Waals surface area contributed by atoms with Gasteiger partial charge in [0.15, 0.2) is 6.71 Å². The Bertz CT molecular complexity index is 3430. The summed E-state index contributed by atoms with van der Waals surface area (Å²) in [7, 11) is 0. The van der Waals surface area contributed by atoms with Crippen molar-refractivity contribution in [2.75, 3.05) is 9.80 Å². The number of benzene rings is 8. The first kappa shape index (κ1) is 46.5. The average molecular weight is 1090 g/mol. The summed E-state index contributed by atoms with van der Waals surface area (Å²) >= 11 is 0. The van der Waals surface area contributed by atoms with Crippen LogP contribution in [0.1, 0.15) is 63.8 Å². The summed E-state index contributed by atoms with van der Waals surface area (Å²) < 4.78 is 2.25. The molecule has 1 aliphatic heterocycles. The van der Waals surface area contributed by atoms with E-state index in [4.69, 9.17) is 4.98 Å². The Morgan fingerprint density at radius 2 is 1.06 bits per heavy atom. The Hall–Kier alpha value is -7.20. The molecule has 6 heteroatoms. The Balaban J connectivity index is 0.00000567. The summed E-state index contributed by atoms with van der Waals surface area (Å²) in [4.78, 5) is 9.54. The fourth-order valence-corrected chi connectivity index (χ4v) is 10.3. The molecule has 0 N–H and O–H groups in total. The first-order valence-electron chi connectivity index (χ1n) is 24.0. The van der Waals surface area contributed by atoms with Crippen molar-refractivity contribution in [2.45, 2.75) is 52.4 Å². The fourth-order valence-electron chi connectivity index (χ4n) is 10.3. The number of fused-ring (bicyclic) bond motifs is 3. The summed E-state index contributed by atoms with van der Waals surface area (Å²) in [6.07, 6.45) is 1.86. The molecule has 1 aliphatic rings. The number of aromatic nitrogens is 2. The molecule has 0 atom stereocenters. The van der Waals surface area contributed by atoms with Gasteiger partial charge in [-0.3, -0.25) is 0 Å². The zero-order valence-corrected chi connectivity index (χ0v) is 42.7. The summed E-state index contributed by atoms with van der Waals surface area (Å²) in [5.41, 5.74) is 16.7. The summed E-state index contributed by atoms with van der Waals surface area (Å²) in [5, 5.41) is 2.32. The van der Waals surface area contributed by atoms with Gasteiger partial charge in [0.2, 0.25) is 0 Å². The van der Waals surface area contributed by atoms with Gasteiger partial charge in [-0.2, -0.15) is 41.3 Å². The maximum absolute atomic E-state index is 4.83. The number of para-hydroxylation sites is 1. The van der Waals surface area contributed by atoms with E-state index < -0.39 is 0 Å². The molecule has 0 saturated carbocycles. The van der Waals surface area contributed by atoms with Crippen LogP contribution < -0.4 is 26.2 Å². The minimum Gasteiger partial charge on any atom is -0.497 e. The van der Waals surface area contributed by atoms with Gasteiger partial charge >= 0.3 is 0 Å². The van der Waals surface area contributed by atoms with Gasteiger partial charge < -0.3 is 14.4 Å². The molecule has 2 aromatic heterocycles. The molecular weight excluding hydrogens is 1030 g/mol. The largest absolute Gasteiger partial charge is 0.497 e. The summed E-state index contributed by atoms with van der Waals surface area (Å²) in [6, 6.07) is 82.4. The number of rotatable bonds is 11. The molecule has 0 aliphatic carbocycles. The second kappa shape index (κ2) is 19.0. The summed E-state index contributed by atoms with van der Waals surface area (Å²) in [5.74, 6) is 0.866. The molecule has 0 spiro atoms. The first-order chi connectivity index (χ1) is 33.6. The molecule has 0 fully saturated rings. The van der Waals surface area contributed by atoms with Crippen molar-refractivity contribution in [1.82, 2.24) is 9.55 Å². The minimum absolute atomic E-state index is 0. The van der Waals surface area contributed by atoms with Crippen LogP contribution in [0.4, 0.5) is 11.4 Å². The van der Waals surface area contributed by atoms with Gasteiger partial charge in [-0.15, -0.1) is 29.4 Å². The van der Waals surface area contributed by atoms with Gasteiger partial charge in [-0.25, -0.2) is 4.98 Å². The van der Waals surface area contributed by atoms with Crippen LogP contribution in [0, 0.1) is 18.8 Å². The van der Waals surface area contributed by atoms with Crippen molar-refractivity contribution in [3.8, 4) is 16.9 Å². The maximum Gasteiger partial charge on any atom is 0.191 e. The van der Waals surface area contributed by atoms with Crippen molar-refractivity contribution < 1.29 is 21.1 Å². The quantitative estimate of drug-likeness (QED) is 0.0953. The van der Waals surface area contributed by atoms with Gasteiger partial charge in [-0.1, -0.05) is 190 Å². The van der Waals surface area contributed by atoms with Crippen molar-refractivity contribution in [2.24, 2.45) is 0 Å². The molecule has 8 aromatic carbocycles. The zero-order chi connectivity index (χ0) is 47.3. The molecule has 4 nitrogen and oxygen atoms in total. The van der Waals surface area contributed by atoms with Crippen LogP contribution in [0.25, 0.3) is 38.8 Å². The van der Waals surface area contributed by atoms with E-state index in [0.29, 0.717) is 0 Å². The zero-order valence-electron chi connectivity index (χ0n) is 40.5. The summed E-state index contributed by atoms with van der Waals surface area (Å²) in [6.45, 7) is 15.9. The van der Waals surface area contributed by atoms with Gasteiger partial charge in [0.05, 0.1) is 0 Å².